The fourth-order valence-corrected chi connectivity index (χ4v) is 0.831. The molecule has 1 unspecified atom stereocenters. The maximum atomic E-state index is 5.64. The summed E-state index contributed by atoms with van der Waals surface area (Å²) in [5.74, 6) is 0.778. The Balaban J connectivity index is 3.03. The van der Waals surface area contributed by atoms with Crippen molar-refractivity contribution in [2.75, 3.05) is 12.3 Å². The van der Waals surface area contributed by atoms with Crippen LogP contribution in [0.5, 0.6) is 0 Å². The molecule has 0 aliphatic rings. The Kier molecular flexibility index (Phi) is 6.17. The molecule has 0 spiro atoms. The van der Waals surface area contributed by atoms with E-state index in [0.29, 0.717) is 6.04 Å². The van der Waals surface area contributed by atoms with Gasteiger partial charge in [0.2, 0.25) is 0 Å². The Bertz CT molecular complexity index is 76.0. The molecule has 0 aromatic rings. The molecule has 3 heteroatoms. The number of rotatable bonds is 5. The van der Waals surface area contributed by atoms with Gasteiger partial charge < -0.3 is 11.1 Å². The van der Waals surface area contributed by atoms with Gasteiger partial charge in [0, 0.05) is 17.8 Å². The highest BCUT2D eigenvalue weighted by atomic mass is 32.1. The molecule has 0 aromatic heterocycles. The smallest absolute Gasteiger partial charge is 0.0140 e. The van der Waals surface area contributed by atoms with Crippen LogP contribution in [0.15, 0.2) is 0 Å². The second kappa shape index (κ2) is 6.01. The third-order valence-corrected chi connectivity index (χ3v) is 1.77. The largest absolute Gasteiger partial charge is 0.327 e. The van der Waals surface area contributed by atoms with Crippen molar-refractivity contribution in [3.63, 3.8) is 0 Å². The topological polar surface area (TPSA) is 38.0 Å². The molecule has 0 fully saturated rings. The number of hydrogen-bond acceptors (Lipinski definition) is 3. The first-order valence-corrected chi connectivity index (χ1v) is 4.40. The molecule has 3 N–H and O–H groups in total. The highest BCUT2D eigenvalue weighted by molar-refractivity contribution is 7.80. The Hall–Kier alpha value is 0.270. The molecule has 0 aliphatic carbocycles. The summed E-state index contributed by atoms with van der Waals surface area (Å²) in [5.41, 5.74) is 5.64. The molecule has 0 radical (unpaired) electrons. The fraction of sp³-hybridized carbons (Fsp3) is 1.00. The van der Waals surface area contributed by atoms with Crippen LogP contribution in [-0.2, 0) is 0 Å². The van der Waals surface area contributed by atoms with Crippen LogP contribution < -0.4 is 11.1 Å². The lowest BCUT2D eigenvalue weighted by Crippen LogP contribution is -2.31. The number of hydrogen-bond donors (Lipinski definition) is 3. The minimum Gasteiger partial charge on any atom is -0.327 e. The van der Waals surface area contributed by atoms with E-state index in [4.69, 9.17) is 5.73 Å². The van der Waals surface area contributed by atoms with Crippen LogP contribution in [0.4, 0.5) is 0 Å². The average molecular weight is 162 g/mol. The van der Waals surface area contributed by atoms with Crippen molar-refractivity contribution in [3.05, 3.63) is 0 Å². The summed E-state index contributed by atoms with van der Waals surface area (Å²) in [6.07, 6.45) is 1.02. The van der Waals surface area contributed by atoms with Crippen LogP contribution in [0.1, 0.15) is 20.3 Å². The first-order valence-electron chi connectivity index (χ1n) is 3.76. The van der Waals surface area contributed by atoms with Gasteiger partial charge in [0.25, 0.3) is 0 Å². The summed E-state index contributed by atoms with van der Waals surface area (Å²) in [4.78, 5) is 0. The summed E-state index contributed by atoms with van der Waals surface area (Å²) in [6, 6.07) is 0.807. The van der Waals surface area contributed by atoms with Crippen molar-refractivity contribution in [3.8, 4) is 0 Å². The maximum absolute atomic E-state index is 5.64. The molecular formula is C7H18N2S. The van der Waals surface area contributed by atoms with E-state index in [1.54, 1.807) is 0 Å². The molecule has 0 heterocycles. The maximum Gasteiger partial charge on any atom is 0.0140 e. The van der Waals surface area contributed by atoms with E-state index < -0.39 is 0 Å². The summed E-state index contributed by atoms with van der Waals surface area (Å²) in [5, 5.41) is 3.30. The number of nitrogens with one attached hydrogen (secondary N) is 1. The van der Waals surface area contributed by atoms with E-state index in [1.165, 1.54) is 0 Å². The first-order chi connectivity index (χ1) is 4.66. The van der Waals surface area contributed by atoms with E-state index in [-0.39, 0.29) is 6.04 Å². The third-order valence-electron chi connectivity index (χ3n) is 1.30. The molecule has 0 rings (SSSR count). The lowest BCUT2D eigenvalue weighted by molar-refractivity contribution is 0.541. The van der Waals surface area contributed by atoms with E-state index in [2.05, 4.69) is 31.8 Å². The van der Waals surface area contributed by atoms with E-state index in [0.717, 1.165) is 18.7 Å². The SMILES string of the molecule is CC(C)NCCC(N)CS. The average Bonchev–Trinajstić information content (AvgIpc) is 1.87. The van der Waals surface area contributed by atoms with Crippen molar-refractivity contribution < 1.29 is 0 Å². The highest BCUT2D eigenvalue weighted by Crippen LogP contribution is 1.89. The van der Waals surface area contributed by atoms with E-state index >= 15 is 0 Å². The minimum atomic E-state index is 0.245. The van der Waals surface area contributed by atoms with Gasteiger partial charge >= 0.3 is 0 Å². The van der Waals surface area contributed by atoms with Crippen LogP contribution in [0.25, 0.3) is 0 Å². The normalized spacial score (nSPS) is 14.1. The van der Waals surface area contributed by atoms with Gasteiger partial charge in [-0.2, -0.15) is 12.6 Å². The molecular weight excluding hydrogens is 144 g/mol. The van der Waals surface area contributed by atoms with E-state index in [1.807, 2.05) is 0 Å². The van der Waals surface area contributed by atoms with Crippen molar-refractivity contribution in [1.82, 2.24) is 5.32 Å². The zero-order chi connectivity index (χ0) is 7.98. The van der Waals surface area contributed by atoms with Gasteiger partial charge in [0.1, 0.15) is 0 Å². The third kappa shape index (κ3) is 6.39. The van der Waals surface area contributed by atoms with Gasteiger partial charge in [-0.25, -0.2) is 0 Å². The Labute approximate surface area is 69.0 Å². The lowest BCUT2D eigenvalue weighted by atomic mass is 10.2. The monoisotopic (exact) mass is 162 g/mol. The zero-order valence-corrected chi connectivity index (χ0v) is 7.70. The zero-order valence-electron chi connectivity index (χ0n) is 6.80. The molecule has 0 aliphatic heterocycles. The molecule has 1 atom stereocenters. The van der Waals surface area contributed by atoms with Gasteiger partial charge in [0.15, 0.2) is 0 Å². The van der Waals surface area contributed by atoms with Crippen LogP contribution in [0.3, 0.4) is 0 Å². The second-order valence-corrected chi connectivity index (χ2v) is 3.21. The van der Waals surface area contributed by atoms with Crippen LogP contribution in [0.2, 0.25) is 0 Å². The molecule has 0 amide bonds. The predicted octanol–water partition coefficient (Wildman–Crippen LogP) is 0.632. The quantitative estimate of drug-likeness (QED) is 0.519. The van der Waals surface area contributed by atoms with Crippen molar-refractivity contribution in [2.45, 2.75) is 32.4 Å². The number of nitrogens with two attached hydrogens (primary N) is 1. The highest BCUT2D eigenvalue weighted by Gasteiger charge is 1.98. The van der Waals surface area contributed by atoms with Crippen molar-refractivity contribution in [2.24, 2.45) is 5.73 Å². The van der Waals surface area contributed by atoms with Crippen LogP contribution in [0, 0.1) is 0 Å². The molecule has 0 bridgehead atoms. The molecule has 0 saturated carbocycles. The predicted molar refractivity (Wildman–Crippen MR) is 49.6 cm³/mol. The molecule has 2 nitrogen and oxygen atoms in total. The summed E-state index contributed by atoms with van der Waals surface area (Å²) in [6.45, 7) is 5.26. The van der Waals surface area contributed by atoms with Gasteiger partial charge in [-0.15, -0.1) is 0 Å². The Morgan fingerprint density at radius 2 is 2.10 bits per heavy atom. The molecule has 0 aromatic carbocycles. The summed E-state index contributed by atoms with van der Waals surface area (Å²) in [7, 11) is 0. The van der Waals surface area contributed by atoms with Crippen molar-refractivity contribution >= 4 is 12.6 Å². The Morgan fingerprint density at radius 1 is 1.50 bits per heavy atom. The summed E-state index contributed by atoms with van der Waals surface area (Å²) >= 11 is 4.09. The van der Waals surface area contributed by atoms with Gasteiger partial charge in [0.05, 0.1) is 0 Å². The van der Waals surface area contributed by atoms with E-state index in [9.17, 15) is 0 Å². The lowest BCUT2D eigenvalue weighted by Gasteiger charge is -2.10. The molecule has 0 saturated heterocycles. The van der Waals surface area contributed by atoms with Crippen LogP contribution in [-0.4, -0.2) is 24.4 Å². The standard InChI is InChI=1S/C7H18N2S/c1-6(2)9-4-3-7(8)5-10/h6-7,9-10H,3-5,8H2,1-2H3. The number of thiol groups is 1. The summed E-state index contributed by atoms with van der Waals surface area (Å²) < 4.78 is 0. The fourth-order valence-electron chi connectivity index (χ4n) is 0.649. The minimum absolute atomic E-state index is 0.245. The van der Waals surface area contributed by atoms with Gasteiger partial charge in [-0.3, -0.25) is 0 Å². The van der Waals surface area contributed by atoms with Crippen LogP contribution >= 0.6 is 12.6 Å². The second-order valence-electron chi connectivity index (χ2n) is 2.84. The van der Waals surface area contributed by atoms with Gasteiger partial charge in [-0.05, 0) is 13.0 Å². The molecule has 62 valence electrons. The van der Waals surface area contributed by atoms with Gasteiger partial charge in [-0.1, -0.05) is 13.8 Å². The van der Waals surface area contributed by atoms with Crippen molar-refractivity contribution in [1.29, 1.82) is 0 Å². The molecule has 10 heavy (non-hydrogen) atoms. The Morgan fingerprint density at radius 3 is 2.50 bits per heavy atom. The first kappa shape index (κ1) is 10.3.